The molecule has 0 saturated heterocycles. The molecule has 130 valence electrons. The normalized spacial score (nSPS) is 15.9. The van der Waals surface area contributed by atoms with E-state index in [0.717, 1.165) is 32.1 Å². The third-order valence-corrected chi connectivity index (χ3v) is 6.55. The number of halogens is 1. The molecule has 1 aliphatic carbocycles. The van der Waals surface area contributed by atoms with E-state index in [1.165, 1.54) is 29.6 Å². The molecule has 0 aliphatic heterocycles. The average Bonchev–Trinajstić information content (AvgIpc) is 2.59. The van der Waals surface area contributed by atoms with Gasteiger partial charge in [0.05, 0.1) is 24.2 Å². The molecule has 7 heteroatoms. The lowest BCUT2D eigenvalue weighted by Crippen LogP contribution is -2.41. The highest BCUT2D eigenvalue weighted by Crippen LogP contribution is 2.31. The highest BCUT2D eigenvalue weighted by molar-refractivity contribution is 7.89. The Morgan fingerprint density at radius 1 is 1.38 bits per heavy atom. The van der Waals surface area contributed by atoms with Gasteiger partial charge in [0, 0.05) is 6.04 Å². The summed E-state index contributed by atoms with van der Waals surface area (Å²) in [6, 6.07) is 3.90. The highest BCUT2D eigenvalue weighted by Gasteiger charge is 2.33. The van der Waals surface area contributed by atoms with Crippen molar-refractivity contribution in [1.29, 1.82) is 0 Å². The van der Waals surface area contributed by atoms with Crippen molar-refractivity contribution in [2.75, 3.05) is 13.7 Å². The second kappa shape index (κ2) is 8.02. The largest absolute Gasteiger partial charge is 0.465 e. The molecule has 0 amide bonds. The zero-order valence-corrected chi connectivity index (χ0v) is 15.1. The Hall–Kier alpha value is -1.55. The number of esters is 1. The number of nitrogens with zero attached hydrogens (tertiary/aromatic N) is 1. The summed E-state index contributed by atoms with van der Waals surface area (Å²) in [5.74, 6) is 1.85. The maximum absolute atomic E-state index is 13.0. The van der Waals surface area contributed by atoms with E-state index in [1.54, 1.807) is 0 Å². The Labute approximate surface area is 148 Å². The topological polar surface area (TPSA) is 63.7 Å². The van der Waals surface area contributed by atoms with Crippen molar-refractivity contribution < 1.29 is 17.9 Å². The Morgan fingerprint density at radius 2 is 2.04 bits per heavy atom. The van der Waals surface area contributed by atoms with Gasteiger partial charge in [0.2, 0.25) is 10.0 Å². The lowest BCUT2D eigenvalue weighted by atomic mass is 9.95. The van der Waals surface area contributed by atoms with Crippen LogP contribution in [-0.2, 0) is 14.8 Å². The number of benzene rings is 1. The quantitative estimate of drug-likeness (QED) is 0.591. The van der Waals surface area contributed by atoms with Gasteiger partial charge in [-0.2, -0.15) is 4.31 Å². The molecule has 24 heavy (non-hydrogen) atoms. The fraction of sp³-hybridized carbons (Fsp3) is 0.471. The first kappa shape index (κ1) is 18.8. The fourth-order valence-corrected chi connectivity index (χ4v) is 5.07. The lowest BCUT2D eigenvalue weighted by Gasteiger charge is -2.32. The van der Waals surface area contributed by atoms with Crippen LogP contribution in [-0.4, -0.2) is 38.4 Å². The number of hydrogen-bond acceptors (Lipinski definition) is 4. The number of rotatable bonds is 5. The van der Waals surface area contributed by atoms with E-state index < -0.39 is 16.0 Å². The summed E-state index contributed by atoms with van der Waals surface area (Å²) in [5, 5.41) is -0.0178. The summed E-state index contributed by atoms with van der Waals surface area (Å²) in [7, 11) is -2.59. The van der Waals surface area contributed by atoms with E-state index in [2.05, 4.69) is 10.7 Å². The van der Waals surface area contributed by atoms with Crippen LogP contribution in [0, 0.1) is 12.3 Å². The number of sulfonamides is 1. The molecule has 0 N–H and O–H groups in total. The molecule has 1 aromatic rings. The molecule has 0 atom stereocenters. The van der Waals surface area contributed by atoms with Crippen LogP contribution in [0.25, 0.3) is 0 Å². The molecule has 2 rings (SSSR count). The number of hydrogen-bond donors (Lipinski definition) is 0. The van der Waals surface area contributed by atoms with Gasteiger partial charge in [-0.15, -0.1) is 6.42 Å². The minimum Gasteiger partial charge on any atom is -0.465 e. The van der Waals surface area contributed by atoms with Gasteiger partial charge in [0.15, 0.2) is 0 Å². The number of carbonyl (C=O) groups is 1. The Morgan fingerprint density at radius 3 is 2.58 bits per heavy atom. The molecule has 0 aromatic heterocycles. The van der Waals surface area contributed by atoms with Crippen LogP contribution in [0.1, 0.15) is 42.5 Å². The van der Waals surface area contributed by atoms with Crippen LogP contribution in [0.3, 0.4) is 0 Å². The molecule has 0 radical (unpaired) electrons. The van der Waals surface area contributed by atoms with Crippen molar-refractivity contribution >= 4 is 27.6 Å². The van der Waals surface area contributed by atoms with Crippen molar-refractivity contribution in [2.45, 2.75) is 43.0 Å². The molecule has 0 bridgehead atoms. The van der Waals surface area contributed by atoms with E-state index in [4.69, 9.17) is 18.0 Å². The SMILES string of the molecule is C#CCN(C1CCCCC1)S(=O)(=O)c1ccc(C(=O)OC)cc1Cl. The molecule has 1 fully saturated rings. The Balaban J connectivity index is 2.39. The van der Waals surface area contributed by atoms with Crippen LogP contribution < -0.4 is 0 Å². The number of ether oxygens (including phenoxy) is 1. The van der Waals surface area contributed by atoms with Crippen molar-refractivity contribution in [3.63, 3.8) is 0 Å². The predicted molar refractivity (Wildman–Crippen MR) is 92.4 cm³/mol. The maximum Gasteiger partial charge on any atom is 0.337 e. The lowest BCUT2D eigenvalue weighted by molar-refractivity contribution is 0.0600. The van der Waals surface area contributed by atoms with Crippen LogP contribution >= 0.6 is 11.6 Å². The molecule has 5 nitrogen and oxygen atoms in total. The minimum atomic E-state index is -3.84. The van der Waals surface area contributed by atoms with Gasteiger partial charge in [-0.25, -0.2) is 13.2 Å². The molecule has 0 unspecified atom stereocenters. The van der Waals surface area contributed by atoms with Crippen LogP contribution in [0.5, 0.6) is 0 Å². The van der Waals surface area contributed by atoms with Crippen LogP contribution in [0.2, 0.25) is 5.02 Å². The van der Waals surface area contributed by atoms with Gasteiger partial charge in [0.25, 0.3) is 0 Å². The van der Waals surface area contributed by atoms with Gasteiger partial charge < -0.3 is 4.74 Å². The summed E-state index contributed by atoms with van der Waals surface area (Å²) in [4.78, 5) is 11.5. The number of carbonyl (C=O) groups excluding carboxylic acids is 1. The van der Waals surface area contributed by atoms with Crippen molar-refractivity contribution in [1.82, 2.24) is 4.31 Å². The Kier molecular flexibility index (Phi) is 6.27. The zero-order valence-electron chi connectivity index (χ0n) is 13.5. The summed E-state index contributed by atoms with van der Waals surface area (Å²) in [6.45, 7) is 0.00207. The van der Waals surface area contributed by atoms with Crippen LogP contribution in [0.15, 0.2) is 23.1 Å². The third-order valence-electron chi connectivity index (χ3n) is 4.17. The van der Waals surface area contributed by atoms with Crippen LogP contribution in [0.4, 0.5) is 0 Å². The molecule has 0 spiro atoms. The smallest absolute Gasteiger partial charge is 0.337 e. The predicted octanol–water partition coefficient (Wildman–Crippen LogP) is 3.08. The summed E-state index contributed by atoms with van der Waals surface area (Å²) < 4.78 is 32.0. The fourth-order valence-electron chi connectivity index (χ4n) is 2.95. The van der Waals surface area contributed by atoms with Crippen molar-refractivity contribution in [3.05, 3.63) is 28.8 Å². The monoisotopic (exact) mass is 369 g/mol. The molecule has 1 aliphatic rings. The molecular formula is C17H20ClNO4S. The third kappa shape index (κ3) is 3.92. The number of methoxy groups -OCH3 is 1. The molecule has 1 saturated carbocycles. The van der Waals surface area contributed by atoms with E-state index in [-0.39, 0.29) is 28.1 Å². The van der Waals surface area contributed by atoms with E-state index >= 15 is 0 Å². The molecule has 0 heterocycles. The summed E-state index contributed by atoms with van der Waals surface area (Å²) in [5.41, 5.74) is 0.197. The second-order valence-corrected chi connectivity index (χ2v) is 7.95. The van der Waals surface area contributed by atoms with E-state index in [9.17, 15) is 13.2 Å². The van der Waals surface area contributed by atoms with E-state index in [0.29, 0.717) is 0 Å². The van der Waals surface area contributed by atoms with Gasteiger partial charge >= 0.3 is 5.97 Å². The summed E-state index contributed by atoms with van der Waals surface area (Å²) in [6.07, 6.45) is 10.0. The molecule has 1 aromatic carbocycles. The Bertz CT molecular complexity index is 748. The first-order valence-electron chi connectivity index (χ1n) is 7.75. The highest BCUT2D eigenvalue weighted by atomic mass is 35.5. The summed E-state index contributed by atoms with van der Waals surface area (Å²) >= 11 is 6.13. The zero-order chi connectivity index (χ0) is 17.7. The maximum atomic E-state index is 13.0. The van der Waals surface area contributed by atoms with E-state index in [1.807, 2.05) is 0 Å². The molecular weight excluding hydrogens is 350 g/mol. The van der Waals surface area contributed by atoms with Crippen molar-refractivity contribution in [2.24, 2.45) is 0 Å². The van der Waals surface area contributed by atoms with Gasteiger partial charge in [0.1, 0.15) is 4.90 Å². The first-order chi connectivity index (χ1) is 11.4. The second-order valence-electron chi connectivity index (χ2n) is 5.68. The minimum absolute atomic E-state index is 0.00207. The van der Waals surface area contributed by atoms with Crippen molar-refractivity contribution in [3.8, 4) is 12.3 Å². The number of terminal acetylenes is 1. The average molecular weight is 370 g/mol. The van der Waals surface area contributed by atoms with Gasteiger partial charge in [-0.3, -0.25) is 0 Å². The first-order valence-corrected chi connectivity index (χ1v) is 9.56. The standard InChI is InChI=1S/C17H20ClNO4S/c1-3-11-19(14-7-5-4-6-8-14)24(21,22)16-10-9-13(12-15(16)18)17(20)23-2/h1,9-10,12,14H,4-8,11H2,2H3. The van der Waals surface area contributed by atoms with Gasteiger partial charge in [-0.05, 0) is 31.0 Å². The van der Waals surface area contributed by atoms with Gasteiger partial charge in [-0.1, -0.05) is 36.8 Å².